The molecule has 0 amide bonds. The van der Waals surface area contributed by atoms with Crippen molar-refractivity contribution in [2.75, 3.05) is 7.11 Å². The molecule has 146 valence electrons. The van der Waals surface area contributed by atoms with Crippen molar-refractivity contribution in [3.05, 3.63) is 40.5 Å². The highest BCUT2D eigenvalue weighted by Crippen LogP contribution is 2.46. The molecule has 4 heteroatoms. The number of rotatable bonds is 3. The second-order valence-corrected chi connectivity index (χ2v) is 8.62. The van der Waals surface area contributed by atoms with Gasteiger partial charge >= 0.3 is 11.9 Å². The van der Waals surface area contributed by atoms with Gasteiger partial charge in [0.25, 0.3) is 0 Å². The van der Waals surface area contributed by atoms with E-state index in [1.807, 2.05) is 12.1 Å². The molecular weight excluding hydrogens is 340 g/mol. The molecule has 1 unspecified atom stereocenters. The Kier molecular flexibility index (Phi) is 5.73. The molecule has 0 N–H and O–H groups in total. The molecule has 0 radical (unpaired) electrons. The van der Waals surface area contributed by atoms with Crippen LogP contribution < -0.4 is 0 Å². The Morgan fingerprint density at radius 2 is 1.93 bits per heavy atom. The van der Waals surface area contributed by atoms with Crippen molar-refractivity contribution in [3.8, 4) is 0 Å². The lowest BCUT2D eigenvalue weighted by Gasteiger charge is -2.37. The predicted octanol–water partition coefficient (Wildman–Crippen LogP) is 5.30. The number of methoxy groups -OCH3 is 1. The van der Waals surface area contributed by atoms with Gasteiger partial charge in [-0.15, -0.1) is 0 Å². The molecule has 0 bridgehead atoms. The molecule has 1 aromatic carbocycles. The van der Waals surface area contributed by atoms with Gasteiger partial charge < -0.3 is 9.47 Å². The van der Waals surface area contributed by atoms with Crippen LogP contribution in [0.25, 0.3) is 5.76 Å². The van der Waals surface area contributed by atoms with E-state index in [9.17, 15) is 9.59 Å². The van der Waals surface area contributed by atoms with Gasteiger partial charge in [0, 0.05) is 12.5 Å². The van der Waals surface area contributed by atoms with Crippen molar-refractivity contribution in [2.45, 2.75) is 65.7 Å². The Labute approximate surface area is 161 Å². The summed E-state index contributed by atoms with van der Waals surface area (Å²) in [5.74, 6) is 0.556. The van der Waals surface area contributed by atoms with Crippen molar-refractivity contribution in [2.24, 2.45) is 11.3 Å². The standard InChI is InChI=1S/C23H30O4/c1-15(24)27-21-19(18-8-6-12-23(2,3)14-18)9-5-7-16-13-17(22(25)26-4)10-11-20(16)21/h10-11,13,18H,5-9,12,14H2,1-4H3. The third-order valence-electron chi connectivity index (χ3n) is 5.90. The summed E-state index contributed by atoms with van der Waals surface area (Å²) in [7, 11) is 1.39. The van der Waals surface area contributed by atoms with Gasteiger partial charge in [0.1, 0.15) is 5.76 Å². The highest BCUT2D eigenvalue weighted by Gasteiger charge is 2.33. The minimum absolute atomic E-state index is 0.289. The molecule has 0 spiro atoms. The Balaban J connectivity index is 2.07. The van der Waals surface area contributed by atoms with Crippen LogP contribution in [0, 0.1) is 11.3 Å². The summed E-state index contributed by atoms with van der Waals surface area (Å²) in [6.07, 6.45) is 7.54. The molecule has 4 nitrogen and oxygen atoms in total. The van der Waals surface area contributed by atoms with Gasteiger partial charge in [0.15, 0.2) is 0 Å². The molecule has 0 aliphatic heterocycles. The van der Waals surface area contributed by atoms with Crippen molar-refractivity contribution < 1.29 is 19.1 Å². The Bertz CT molecular complexity index is 773. The molecule has 27 heavy (non-hydrogen) atoms. The maximum absolute atomic E-state index is 11.9. The second-order valence-electron chi connectivity index (χ2n) is 8.62. The van der Waals surface area contributed by atoms with Crippen molar-refractivity contribution >= 4 is 17.7 Å². The molecule has 0 heterocycles. The molecular formula is C23H30O4. The summed E-state index contributed by atoms with van der Waals surface area (Å²) >= 11 is 0. The highest BCUT2D eigenvalue weighted by molar-refractivity contribution is 5.90. The predicted molar refractivity (Wildman–Crippen MR) is 105 cm³/mol. The van der Waals surface area contributed by atoms with E-state index >= 15 is 0 Å². The average molecular weight is 370 g/mol. The molecule has 2 aliphatic rings. The maximum Gasteiger partial charge on any atom is 0.337 e. The number of benzene rings is 1. The average Bonchev–Trinajstić information content (AvgIpc) is 2.79. The lowest BCUT2D eigenvalue weighted by molar-refractivity contribution is -0.134. The first-order valence-corrected chi connectivity index (χ1v) is 9.94. The number of hydrogen-bond donors (Lipinski definition) is 0. The summed E-state index contributed by atoms with van der Waals surface area (Å²) in [5.41, 5.74) is 4.15. The fourth-order valence-electron chi connectivity index (χ4n) is 4.67. The minimum atomic E-state index is -0.339. The van der Waals surface area contributed by atoms with Gasteiger partial charge in [-0.05, 0) is 73.1 Å². The third kappa shape index (κ3) is 4.42. The van der Waals surface area contributed by atoms with E-state index in [0.717, 1.165) is 49.0 Å². The lowest BCUT2D eigenvalue weighted by atomic mass is 9.69. The summed E-state index contributed by atoms with van der Waals surface area (Å²) in [6, 6.07) is 5.57. The summed E-state index contributed by atoms with van der Waals surface area (Å²) in [6.45, 7) is 6.12. The minimum Gasteiger partial charge on any atom is -0.465 e. The summed E-state index contributed by atoms with van der Waals surface area (Å²) in [4.78, 5) is 23.8. The number of hydrogen-bond acceptors (Lipinski definition) is 4. The molecule has 1 atom stereocenters. The molecule has 1 fully saturated rings. The maximum atomic E-state index is 11.9. The molecule has 1 saturated carbocycles. The van der Waals surface area contributed by atoms with Crippen LogP contribution >= 0.6 is 0 Å². The van der Waals surface area contributed by atoms with Crippen LogP contribution in [0.5, 0.6) is 0 Å². The molecule has 0 saturated heterocycles. The SMILES string of the molecule is COC(=O)c1ccc2c(c1)CCCC(C1CCCC(C)(C)C1)=C2OC(C)=O. The van der Waals surface area contributed by atoms with Crippen molar-refractivity contribution in [1.29, 1.82) is 0 Å². The van der Waals surface area contributed by atoms with Crippen molar-refractivity contribution in [3.63, 3.8) is 0 Å². The fourth-order valence-corrected chi connectivity index (χ4v) is 4.67. The van der Waals surface area contributed by atoms with E-state index in [1.165, 1.54) is 32.4 Å². The van der Waals surface area contributed by atoms with Gasteiger partial charge in [0.2, 0.25) is 0 Å². The summed E-state index contributed by atoms with van der Waals surface area (Å²) < 4.78 is 10.6. The Hall–Kier alpha value is -2.10. The number of aryl methyl sites for hydroxylation is 1. The van der Waals surface area contributed by atoms with E-state index in [2.05, 4.69) is 13.8 Å². The lowest BCUT2D eigenvalue weighted by Crippen LogP contribution is -2.24. The summed E-state index contributed by atoms with van der Waals surface area (Å²) in [5, 5.41) is 0. The van der Waals surface area contributed by atoms with Crippen LogP contribution in [0.3, 0.4) is 0 Å². The van der Waals surface area contributed by atoms with Crippen LogP contribution in [-0.2, 0) is 20.7 Å². The highest BCUT2D eigenvalue weighted by atomic mass is 16.5. The fraction of sp³-hybridized carbons (Fsp3) is 0.565. The van der Waals surface area contributed by atoms with Gasteiger partial charge in [-0.1, -0.05) is 26.3 Å². The molecule has 1 aromatic rings. The van der Waals surface area contributed by atoms with E-state index in [-0.39, 0.29) is 11.9 Å². The number of ether oxygens (including phenoxy) is 2. The first-order chi connectivity index (χ1) is 12.8. The van der Waals surface area contributed by atoms with Gasteiger partial charge in [-0.2, -0.15) is 0 Å². The van der Waals surface area contributed by atoms with Crippen LogP contribution in [-0.4, -0.2) is 19.0 Å². The van der Waals surface area contributed by atoms with E-state index in [4.69, 9.17) is 9.47 Å². The zero-order valence-corrected chi connectivity index (χ0v) is 16.9. The molecule has 0 aromatic heterocycles. The number of carbonyl (C=O) groups excluding carboxylic acids is 2. The van der Waals surface area contributed by atoms with Crippen LogP contribution in [0.2, 0.25) is 0 Å². The topological polar surface area (TPSA) is 52.6 Å². The Morgan fingerprint density at radius 3 is 2.59 bits per heavy atom. The monoisotopic (exact) mass is 370 g/mol. The van der Waals surface area contributed by atoms with Crippen LogP contribution in [0.4, 0.5) is 0 Å². The third-order valence-corrected chi connectivity index (χ3v) is 5.90. The van der Waals surface area contributed by atoms with Gasteiger partial charge in [-0.3, -0.25) is 4.79 Å². The molecule has 2 aliphatic carbocycles. The van der Waals surface area contributed by atoms with Crippen LogP contribution in [0.15, 0.2) is 23.8 Å². The molecule has 3 rings (SSSR count). The van der Waals surface area contributed by atoms with E-state index in [1.54, 1.807) is 6.07 Å². The number of allylic oxidation sites excluding steroid dienone is 1. The zero-order chi connectivity index (χ0) is 19.6. The largest absolute Gasteiger partial charge is 0.465 e. The Morgan fingerprint density at radius 1 is 1.15 bits per heavy atom. The van der Waals surface area contributed by atoms with E-state index in [0.29, 0.717) is 16.9 Å². The quantitative estimate of drug-likeness (QED) is 0.678. The van der Waals surface area contributed by atoms with Crippen molar-refractivity contribution in [1.82, 2.24) is 0 Å². The number of fused-ring (bicyclic) bond motifs is 1. The smallest absolute Gasteiger partial charge is 0.337 e. The van der Waals surface area contributed by atoms with E-state index < -0.39 is 0 Å². The van der Waals surface area contributed by atoms with Crippen LogP contribution in [0.1, 0.15) is 80.8 Å². The number of carbonyl (C=O) groups is 2. The number of esters is 2. The zero-order valence-electron chi connectivity index (χ0n) is 16.9. The normalized spacial score (nSPS) is 21.9. The van der Waals surface area contributed by atoms with Gasteiger partial charge in [-0.25, -0.2) is 4.79 Å². The van der Waals surface area contributed by atoms with Gasteiger partial charge in [0.05, 0.1) is 12.7 Å². The second kappa shape index (κ2) is 7.87. The first kappa shape index (κ1) is 19.7. The first-order valence-electron chi connectivity index (χ1n) is 9.94.